The Bertz CT molecular complexity index is 812. The highest BCUT2D eigenvalue weighted by Gasteiger charge is 2.12. The molecule has 0 spiro atoms. The molecule has 1 aromatic heterocycles. The van der Waals surface area contributed by atoms with Crippen LogP contribution in [0.25, 0.3) is 11.5 Å². The Morgan fingerprint density at radius 1 is 1.13 bits per heavy atom. The van der Waals surface area contributed by atoms with Crippen LogP contribution in [0.15, 0.2) is 63.9 Å². The Labute approximate surface area is 136 Å². The van der Waals surface area contributed by atoms with Gasteiger partial charge >= 0.3 is 0 Å². The molecule has 0 radical (unpaired) electrons. The van der Waals surface area contributed by atoms with Gasteiger partial charge in [-0.25, -0.2) is 9.19 Å². The number of hydrogen-bond donors (Lipinski definition) is 1. The molecule has 23 heavy (non-hydrogen) atoms. The second-order valence-corrected chi connectivity index (χ2v) is 5.87. The van der Waals surface area contributed by atoms with Crippen molar-refractivity contribution in [3.63, 3.8) is 0 Å². The first kappa shape index (κ1) is 15.5. The number of aryl methyl sites for hydroxylation is 1. The number of aromatic nitrogens is 1. The normalized spacial score (nSPS) is 12.1. The van der Waals surface area contributed by atoms with Crippen LogP contribution in [-0.2, 0) is 17.7 Å². The van der Waals surface area contributed by atoms with Gasteiger partial charge in [0, 0.05) is 5.56 Å². The van der Waals surface area contributed by atoms with Crippen LogP contribution in [0, 0.1) is 6.92 Å². The Morgan fingerprint density at radius 2 is 1.83 bits per heavy atom. The number of hydrogen-bond acceptors (Lipinski definition) is 4. The van der Waals surface area contributed by atoms with Gasteiger partial charge in [0.15, 0.2) is 11.1 Å². The average Bonchev–Trinajstić information content (AvgIpc) is 2.95. The third kappa shape index (κ3) is 3.67. The van der Waals surface area contributed by atoms with E-state index >= 15 is 0 Å². The zero-order valence-electron chi connectivity index (χ0n) is 12.4. The maximum atomic E-state index is 10.9. The van der Waals surface area contributed by atoms with E-state index in [2.05, 4.69) is 4.98 Å². The smallest absolute Gasteiger partial charge is 0.226 e. The minimum Gasteiger partial charge on any atom is -0.487 e. The lowest BCUT2D eigenvalue weighted by molar-refractivity contribution is 0.299. The third-order valence-electron chi connectivity index (χ3n) is 3.31. The molecule has 0 aliphatic rings. The summed E-state index contributed by atoms with van der Waals surface area (Å²) in [6.07, 6.45) is 0. The van der Waals surface area contributed by atoms with E-state index < -0.39 is 11.1 Å². The summed E-state index contributed by atoms with van der Waals surface area (Å²) < 4.78 is 31.2. The van der Waals surface area contributed by atoms with Gasteiger partial charge in [0.25, 0.3) is 0 Å². The molecular weight excluding hydrogens is 314 g/mol. The molecule has 0 amide bonds. The maximum absolute atomic E-state index is 10.9. The van der Waals surface area contributed by atoms with Crippen molar-refractivity contribution in [3.8, 4) is 17.2 Å². The molecule has 118 valence electrons. The molecule has 0 aliphatic heterocycles. The van der Waals surface area contributed by atoms with E-state index in [9.17, 15) is 4.21 Å². The molecule has 2 aromatic carbocycles. The first-order valence-corrected chi connectivity index (χ1v) is 8.09. The minimum absolute atomic E-state index is 0.268. The van der Waals surface area contributed by atoms with Crippen LogP contribution in [0.3, 0.4) is 0 Å². The molecule has 1 heterocycles. The van der Waals surface area contributed by atoms with Gasteiger partial charge in [-0.1, -0.05) is 18.2 Å². The van der Waals surface area contributed by atoms with E-state index in [1.807, 2.05) is 37.3 Å². The summed E-state index contributed by atoms with van der Waals surface area (Å²) in [4.78, 5) is 4.80. The summed E-state index contributed by atoms with van der Waals surface area (Å²) in [6.45, 7) is 2.11. The van der Waals surface area contributed by atoms with Crippen molar-refractivity contribution < 1.29 is 17.9 Å². The maximum Gasteiger partial charge on any atom is 0.226 e. The van der Waals surface area contributed by atoms with E-state index in [-0.39, 0.29) is 6.61 Å². The van der Waals surface area contributed by atoms with E-state index in [4.69, 9.17) is 13.7 Å². The number of rotatable bonds is 5. The third-order valence-corrected chi connectivity index (χ3v) is 3.99. The first-order valence-electron chi connectivity index (χ1n) is 6.99. The number of ether oxygens (including phenoxy) is 1. The molecule has 3 aromatic rings. The van der Waals surface area contributed by atoms with Gasteiger partial charge in [-0.2, -0.15) is 0 Å². The van der Waals surface area contributed by atoms with Gasteiger partial charge < -0.3 is 13.7 Å². The molecule has 3 rings (SSSR count). The fraction of sp³-hybridized carbons (Fsp3) is 0.118. The van der Waals surface area contributed by atoms with Gasteiger partial charge in [-0.05, 0) is 43.3 Å². The van der Waals surface area contributed by atoms with Crippen LogP contribution in [0.2, 0.25) is 0 Å². The summed E-state index contributed by atoms with van der Waals surface area (Å²) in [5, 5.41) is 0. The minimum atomic E-state index is -1.98. The van der Waals surface area contributed by atoms with Crippen molar-refractivity contribution in [2.75, 3.05) is 0 Å². The average molecular weight is 329 g/mol. The van der Waals surface area contributed by atoms with Crippen molar-refractivity contribution in [2.24, 2.45) is 0 Å². The molecule has 1 unspecified atom stereocenters. The van der Waals surface area contributed by atoms with Gasteiger partial charge in [0.2, 0.25) is 5.89 Å². The Kier molecular flexibility index (Phi) is 4.55. The quantitative estimate of drug-likeness (QED) is 0.721. The number of benzene rings is 2. The molecular formula is C17H15NO4S. The monoisotopic (exact) mass is 329 g/mol. The van der Waals surface area contributed by atoms with E-state index in [0.717, 1.165) is 11.3 Å². The summed E-state index contributed by atoms with van der Waals surface area (Å²) in [6, 6.07) is 16.1. The van der Waals surface area contributed by atoms with Gasteiger partial charge in [0.1, 0.15) is 23.8 Å². The Hall–Kier alpha value is -2.44. The standard InChI is InChI=1S/C17H15NO4S/c1-12-16(18-17(22-12)13-5-3-2-4-6-13)11-21-14-7-9-15(10-8-14)23(19)20/h2-10H,11H2,1H3,(H,19,20). The Morgan fingerprint density at radius 3 is 2.48 bits per heavy atom. The molecule has 0 saturated heterocycles. The van der Waals surface area contributed by atoms with Crippen molar-refractivity contribution in [2.45, 2.75) is 18.4 Å². The lowest BCUT2D eigenvalue weighted by Gasteiger charge is -2.04. The van der Waals surface area contributed by atoms with E-state index in [1.54, 1.807) is 24.3 Å². The molecule has 0 fully saturated rings. The van der Waals surface area contributed by atoms with Gasteiger partial charge in [-0.15, -0.1) is 0 Å². The summed E-state index contributed by atoms with van der Waals surface area (Å²) >= 11 is -1.98. The highest BCUT2D eigenvalue weighted by atomic mass is 32.2. The zero-order valence-corrected chi connectivity index (χ0v) is 13.2. The highest BCUT2D eigenvalue weighted by molar-refractivity contribution is 7.79. The van der Waals surface area contributed by atoms with Crippen LogP contribution in [0.5, 0.6) is 5.75 Å². The Balaban J connectivity index is 1.71. The van der Waals surface area contributed by atoms with Crippen LogP contribution >= 0.6 is 0 Å². The second kappa shape index (κ2) is 6.76. The predicted octanol–water partition coefficient (Wildman–Crippen LogP) is 3.81. The predicted molar refractivity (Wildman–Crippen MR) is 86.5 cm³/mol. The molecule has 1 N–H and O–H groups in total. The van der Waals surface area contributed by atoms with Crippen molar-refractivity contribution in [3.05, 3.63) is 66.1 Å². The first-order chi connectivity index (χ1) is 11.1. The van der Waals surface area contributed by atoms with E-state index in [1.165, 1.54) is 0 Å². The molecule has 0 bridgehead atoms. The molecule has 0 saturated carbocycles. The molecule has 5 nitrogen and oxygen atoms in total. The SMILES string of the molecule is Cc1oc(-c2ccccc2)nc1COc1ccc(S(=O)O)cc1. The summed E-state index contributed by atoms with van der Waals surface area (Å²) in [5.74, 6) is 1.87. The van der Waals surface area contributed by atoms with Gasteiger partial charge in [0.05, 0.1) is 4.90 Å². The largest absolute Gasteiger partial charge is 0.487 e. The van der Waals surface area contributed by atoms with Crippen molar-refractivity contribution in [1.82, 2.24) is 4.98 Å². The number of oxazole rings is 1. The fourth-order valence-electron chi connectivity index (χ4n) is 2.07. The summed E-state index contributed by atoms with van der Waals surface area (Å²) in [5.41, 5.74) is 1.63. The summed E-state index contributed by atoms with van der Waals surface area (Å²) in [7, 11) is 0. The van der Waals surface area contributed by atoms with Gasteiger partial charge in [-0.3, -0.25) is 0 Å². The topological polar surface area (TPSA) is 72.6 Å². The number of nitrogens with zero attached hydrogens (tertiary/aromatic N) is 1. The highest BCUT2D eigenvalue weighted by Crippen LogP contribution is 2.22. The van der Waals surface area contributed by atoms with Crippen molar-refractivity contribution >= 4 is 11.1 Å². The zero-order chi connectivity index (χ0) is 16.2. The molecule has 1 atom stereocenters. The van der Waals surface area contributed by atoms with Crippen LogP contribution in [0.4, 0.5) is 0 Å². The lowest BCUT2D eigenvalue weighted by atomic mass is 10.2. The fourth-order valence-corrected chi connectivity index (χ4v) is 2.44. The van der Waals surface area contributed by atoms with Crippen LogP contribution < -0.4 is 4.74 Å². The van der Waals surface area contributed by atoms with Crippen molar-refractivity contribution in [1.29, 1.82) is 0 Å². The van der Waals surface area contributed by atoms with Crippen LogP contribution in [-0.4, -0.2) is 13.7 Å². The second-order valence-electron chi connectivity index (χ2n) is 4.90. The lowest BCUT2D eigenvalue weighted by Crippen LogP contribution is -1.98. The van der Waals surface area contributed by atoms with E-state index in [0.29, 0.717) is 22.3 Å². The molecule has 0 aliphatic carbocycles. The molecule has 6 heteroatoms. The van der Waals surface area contributed by atoms with Crippen LogP contribution in [0.1, 0.15) is 11.5 Å².